The molecule has 2 bridgehead atoms. The smallest absolute Gasteiger partial charge is 0.320 e. The zero-order valence-electron chi connectivity index (χ0n) is 20.7. The molecule has 3 atom stereocenters. The molecule has 0 aliphatic carbocycles. The molecule has 37 heavy (non-hydrogen) atoms. The molecule has 2 aliphatic heterocycles. The predicted molar refractivity (Wildman–Crippen MR) is 132 cm³/mol. The Morgan fingerprint density at radius 2 is 1.89 bits per heavy atom. The van der Waals surface area contributed by atoms with Crippen molar-refractivity contribution in [2.45, 2.75) is 70.7 Å². The first-order valence-electron chi connectivity index (χ1n) is 12.4. The summed E-state index contributed by atoms with van der Waals surface area (Å²) in [5, 5.41) is 19.4. The van der Waals surface area contributed by atoms with Crippen LogP contribution in [0.15, 0.2) is 42.9 Å². The molecule has 3 aromatic heterocycles. The van der Waals surface area contributed by atoms with Crippen LogP contribution in [0.25, 0.3) is 22.3 Å². The standard InChI is InChI=1S/C18H16F2N6O.C8H12N2/c1-10-16(24-25-23-10)12-7-14-17(26(9-22-14)18(19)20)15(8-12)27-11(2)13-5-3-4-6-21-13;9-6-10-7-2-1-3-8(10)5-4-7/h3-9,11,18H,1-2H3,(H,23,24,25);7-8H,1-5H2/t;7-,8+. The molecule has 1 unspecified atom stereocenters. The molecular weight excluding hydrogens is 478 g/mol. The Kier molecular flexibility index (Phi) is 6.99. The summed E-state index contributed by atoms with van der Waals surface area (Å²) in [7, 11) is 0. The normalized spacial score (nSPS) is 19.4. The second-order valence-electron chi connectivity index (χ2n) is 9.37. The number of halogens is 2. The summed E-state index contributed by atoms with van der Waals surface area (Å²) in [4.78, 5) is 10.4. The maximum atomic E-state index is 13.4. The van der Waals surface area contributed by atoms with Gasteiger partial charge in [-0.25, -0.2) is 4.98 Å². The van der Waals surface area contributed by atoms with Crippen molar-refractivity contribution in [3.63, 3.8) is 0 Å². The van der Waals surface area contributed by atoms with E-state index < -0.39 is 12.7 Å². The Labute approximate surface area is 213 Å². The number of imidazole rings is 1. The SMILES string of the molecule is Cc1n[nH]nc1-c1cc(OC(C)c2ccccn2)c2c(c1)ncn2C(F)F.N#CN1[C@@H]2CCC[C@H]1CC2. The molecule has 1 N–H and O–H groups in total. The summed E-state index contributed by atoms with van der Waals surface area (Å²) in [6, 6.07) is 10.1. The summed E-state index contributed by atoms with van der Waals surface area (Å²) in [6.07, 6.45) is 11.0. The largest absolute Gasteiger partial charge is 0.482 e. The van der Waals surface area contributed by atoms with Gasteiger partial charge < -0.3 is 9.64 Å². The second-order valence-corrected chi connectivity index (χ2v) is 9.37. The van der Waals surface area contributed by atoms with E-state index in [9.17, 15) is 8.78 Å². The first-order chi connectivity index (χ1) is 18.0. The number of nitrogens with zero attached hydrogens (tertiary/aromatic N) is 7. The van der Waals surface area contributed by atoms with Crippen LogP contribution >= 0.6 is 0 Å². The second kappa shape index (κ2) is 10.5. The molecule has 0 spiro atoms. The van der Waals surface area contributed by atoms with E-state index in [0.29, 0.717) is 40.2 Å². The van der Waals surface area contributed by atoms with E-state index in [4.69, 9.17) is 10.00 Å². The molecule has 0 saturated carbocycles. The number of nitriles is 1. The van der Waals surface area contributed by atoms with Crippen LogP contribution in [-0.2, 0) is 0 Å². The van der Waals surface area contributed by atoms with Gasteiger partial charge in [0.1, 0.15) is 29.4 Å². The number of fused-ring (bicyclic) bond motifs is 3. The molecule has 2 saturated heterocycles. The van der Waals surface area contributed by atoms with Crippen LogP contribution in [0.4, 0.5) is 8.78 Å². The Bertz CT molecular complexity index is 1380. The lowest BCUT2D eigenvalue weighted by Crippen LogP contribution is -2.35. The number of ether oxygens (including phenoxy) is 1. The molecule has 0 radical (unpaired) electrons. The van der Waals surface area contributed by atoms with Gasteiger partial charge in [-0.05, 0) is 70.2 Å². The zero-order chi connectivity index (χ0) is 25.9. The minimum Gasteiger partial charge on any atom is -0.482 e. The molecule has 0 amide bonds. The zero-order valence-corrected chi connectivity index (χ0v) is 20.7. The number of benzene rings is 1. The van der Waals surface area contributed by atoms with Crippen molar-refractivity contribution in [3.05, 3.63) is 54.2 Å². The highest BCUT2D eigenvalue weighted by Gasteiger charge is 2.35. The Morgan fingerprint density at radius 1 is 1.11 bits per heavy atom. The number of aromatic nitrogens is 6. The molecule has 4 aromatic rings. The fraction of sp³-hybridized carbons (Fsp3) is 0.423. The highest BCUT2D eigenvalue weighted by atomic mass is 19.3. The number of aryl methyl sites for hydroxylation is 1. The van der Waals surface area contributed by atoms with Gasteiger partial charge in [0, 0.05) is 23.8 Å². The maximum absolute atomic E-state index is 13.4. The molecule has 11 heteroatoms. The van der Waals surface area contributed by atoms with Crippen LogP contribution in [0.5, 0.6) is 5.75 Å². The van der Waals surface area contributed by atoms with Gasteiger partial charge in [-0.15, -0.1) is 0 Å². The maximum Gasteiger partial charge on any atom is 0.320 e. The van der Waals surface area contributed by atoms with E-state index in [2.05, 4.69) is 31.6 Å². The first-order valence-corrected chi connectivity index (χ1v) is 12.4. The molecular formula is C26H28F2N8O. The predicted octanol–water partition coefficient (Wildman–Crippen LogP) is 5.54. The highest BCUT2D eigenvalue weighted by molar-refractivity contribution is 5.87. The van der Waals surface area contributed by atoms with Crippen LogP contribution in [0, 0.1) is 18.4 Å². The number of rotatable bonds is 5. The van der Waals surface area contributed by atoms with Crippen molar-refractivity contribution in [3.8, 4) is 23.2 Å². The number of alkyl halides is 2. The third-order valence-corrected chi connectivity index (χ3v) is 7.06. The summed E-state index contributed by atoms with van der Waals surface area (Å²) in [6.45, 7) is 0.880. The summed E-state index contributed by atoms with van der Waals surface area (Å²) in [5.41, 5.74) is 3.27. The minimum absolute atomic E-state index is 0.220. The number of H-pyrrole nitrogens is 1. The van der Waals surface area contributed by atoms with Gasteiger partial charge in [0.25, 0.3) is 0 Å². The van der Waals surface area contributed by atoms with Gasteiger partial charge in [0.05, 0.1) is 16.9 Å². The quantitative estimate of drug-likeness (QED) is 0.354. The van der Waals surface area contributed by atoms with Crippen molar-refractivity contribution < 1.29 is 13.5 Å². The van der Waals surface area contributed by atoms with Gasteiger partial charge in [0.2, 0.25) is 0 Å². The van der Waals surface area contributed by atoms with E-state index in [1.165, 1.54) is 32.1 Å². The van der Waals surface area contributed by atoms with Crippen LogP contribution in [0.1, 0.15) is 63.1 Å². The van der Waals surface area contributed by atoms with E-state index in [0.717, 1.165) is 10.9 Å². The number of pyridine rings is 1. The number of hydrogen-bond donors (Lipinski definition) is 1. The lowest BCUT2D eigenvalue weighted by atomic mass is 10.0. The van der Waals surface area contributed by atoms with Crippen LogP contribution in [-0.4, -0.2) is 46.9 Å². The molecule has 1 aromatic carbocycles. The average molecular weight is 507 g/mol. The van der Waals surface area contributed by atoms with E-state index in [1.807, 2.05) is 24.0 Å². The Hall–Kier alpha value is -4.07. The molecule has 2 aliphatic rings. The average Bonchev–Trinajstić information content (AvgIpc) is 3.59. The lowest BCUT2D eigenvalue weighted by Gasteiger charge is -2.29. The van der Waals surface area contributed by atoms with Gasteiger partial charge >= 0.3 is 6.55 Å². The van der Waals surface area contributed by atoms with Crippen molar-refractivity contribution in [1.29, 1.82) is 5.26 Å². The van der Waals surface area contributed by atoms with Crippen LogP contribution < -0.4 is 4.74 Å². The summed E-state index contributed by atoms with van der Waals surface area (Å²) >= 11 is 0. The number of nitrogens with one attached hydrogen (secondary N) is 1. The molecule has 6 rings (SSSR count). The van der Waals surface area contributed by atoms with E-state index >= 15 is 0 Å². The van der Waals surface area contributed by atoms with Gasteiger partial charge in [-0.1, -0.05) is 6.07 Å². The van der Waals surface area contributed by atoms with Crippen molar-refractivity contribution in [2.24, 2.45) is 0 Å². The third-order valence-electron chi connectivity index (χ3n) is 7.06. The number of hydrogen-bond acceptors (Lipinski definition) is 7. The summed E-state index contributed by atoms with van der Waals surface area (Å²) < 4.78 is 33.7. The van der Waals surface area contributed by atoms with E-state index in [1.54, 1.807) is 31.3 Å². The fourth-order valence-electron chi connectivity index (χ4n) is 5.21. The van der Waals surface area contributed by atoms with Crippen LogP contribution in [0.2, 0.25) is 0 Å². The Balaban J connectivity index is 0.000000233. The number of aromatic amines is 1. The first kappa shape index (κ1) is 24.6. The lowest BCUT2D eigenvalue weighted by molar-refractivity contribution is 0.0737. The molecule has 192 valence electrons. The fourth-order valence-corrected chi connectivity index (χ4v) is 5.21. The van der Waals surface area contributed by atoms with Gasteiger partial charge in [-0.3, -0.25) is 9.55 Å². The minimum atomic E-state index is -2.73. The van der Waals surface area contributed by atoms with E-state index in [-0.39, 0.29) is 11.3 Å². The molecule has 9 nitrogen and oxygen atoms in total. The molecule has 2 fully saturated rings. The summed E-state index contributed by atoms with van der Waals surface area (Å²) in [5.74, 6) is 0.279. The van der Waals surface area contributed by atoms with Gasteiger partial charge in [-0.2, -0.15) is 29.5 Å². The highest BCUT2D eigenvalue weighted by Crippen LogP contribution is 2.36. The monoisotopic (exact) mass is 506 g/mol. The topological polar surface area (TPSA) is 109 Å². The van der Waals surface area contributed by atoms with Crippen molar-refractivity contribution in [2.75, 3.05) is 0 Å². The Morgan fingerprint density at radius 3 is 2.49 bits per heavy atom. The third kappa shape index (κ3) is 4.96. The molecule has 5 heterocycles. The number of piperidine rings is 1. The van der Waals surface area contributed by atoms with Gasteiger partial charge in [0.15, 0.2) is 6.19 Å². The van der Waals surface area contributed by atoms with Crippen molar-refractivity contribution >= 4 is 11.0 Å². The van der Waals surface area contributed by atoms with Crippen LogP contribution in [0.3, 0.4) is 0 Å². The van der Waals surface area contributed by atoms with Crippen molar-refractivity contribution in [1.82, 2.24) is 34.8 Å².